The predicted octanol–water partition coefficient (Wildman–Crippen LogP) is 3.73. The van der Waals surface area contributed by atoms with E-state index in [-0.39, 0.29) is 18.8 Å². The highest BCUT2D eigenvalue weighted by molar-refractivity contribution is 6.02. The first-order valence-corrected chi connectivity index (χ1v) is 8.44. The number of ether oxygens (including phenoxy) is 3. The van der Waals surface area contributed by atoms with Crippen LogP contribution in [0.15, 0.2) is 24.3 Å². The molecule has 0 saturated carbocycles. The van der Waals surface area contributed by atoms with Crippen molar-refractivity contribution in [1.29, 1.82) is 0 Å². The highest BCUT2D eigenvalue weighted by Gasteiger charge is 2.26. The number of benzene rings is 1. The van der Waals surface area contributed by atoms with Crippen LogP contribution >= 0.6 is 0 Å². The highest BCUT2D eigenvalue weighted by Crippen LogP contribution is 2.30. The van der Waals surface area contributed by atoms with E-state index in [0.29, 0.717) is 28.3 Å². The molecule has 0 aliphatic heterocycles. The van der Waals surface area contributed by atoms with Gasteiger partial charge >= 0.3 is 11.9 Å². The third-order valence-electron chi connectivity index (χ3n) is 3.95. The quantitative estimate of drug-likeness (QED) is 0.734. The lowest BCUT2D eigenvalue weighted by molar-refractivity contribution is 0.0522. The van der Waals surface area contributed by atoms with Crippen molar-refractivity contribution in [2.45, 2.75) is 27.7 Å². The summed E-state index contributed by atoms with van der Waals surface area (Å²) in [6, 6.07) is 7.20. The van der Waals surface area contributed by atoms with Crippen molar-refractivity contribution in [3.63, 3.8) is 0 Å². The minimum absolute atomic E-state index is 0.225. The lowest BCUT2D eigenvalue weighted by Crippen LogP contribution is -2.17. The standard InChI is InChI=1S/C20H23NO5/c1-6-25-19(22)16-12(3)17(20(23)26-7-2)18(21-13(16)4)14-8-10-15(24-5)11-9-14/h8-11H,6-7H2,1-5H3. The van der Waals surface area contributed by atoms with E-state index < -0.39 is 11.9 Å². The van der Waals surface area contributed by atoms with Crippen LogP contribution in [0.5, 0.6) is 5.75 Å². The number of hydrogen-bond donors (Lipinski definition) is 0. The number of hydrogen-bond acceptors (Lipinski definition) is 6. The summed E-state index contributed by atoms with van der Waals surface area (Å²) >= 11 is 0. The molecule has 0 saturated heterocycles. The van der Waals surface area contributed by atoms with Crippen LogP contribution in [0.25, 0.3) is 11.3 Å². The van der Waals surface area contributed by atoms with E-state index in [1.807, 2.05) is 12.1 Å². The van der Waals surface area contributed by atoms with Gasteiger partial charge in [0.1, 0.15) is 5.75 Å². The molecule has 6 nitrogen and oxygen atoms in total. The van der Waals surface area contributed by atoms with Gasteiger partial charge in [0.05, 0.1) is 42.8 Å². The number of rotatable bonds is 6. The van der Waals surface area contributed by atoms with E-state index >= 15 is 0 Å². The SMILES string of the molecule is CCOC(=O)c1c(C)nc(-c2ccc(OC)cc2)c(C(=O)OCC)c1C. The number of methoxy groups -OCH3 is 1. The number of aromatic nitrogens is 1. The lowest BCUT2D eigenvalue weighted by atomic mass is 9.96. The second kappa shape index (κ2) is 8.47. The van der Waals surface area contributed by atoms with Crippen molar-refractivity contribution in [1.82, 2.24) is 4.98 Å². The molecule has 1 aromatic carbocycles. The van der Waals surface area contributed by atoms with E-state index in [9.17, 15) is 9.59 Å². The zero-order valence-electron chi connectivity index (χ0n) is 15.7. The van der Waals surface area contributed by atoms with Gasteiger partial charge in [0, 0.05) is 5.56 Å². The number of nitrogens with zero attached hydrogens (tertiary/aromatic N) is 1. The minimum Gasteiger partial charge on any atom is -0.497 e. The van der Waals surface area contributed by atoms with Gasteiger partial charge in [0.15, 0.2) is 0 Å². The van der Waals surface area contributed by atoms with Crippen LogP contribution in [0.4, 0.5) is 0 Å². The van der Waals surface area contributed by atoms with Crippen molar-refractivity contribution >= 4 is 11.9 Å². The van der Waals surface area contributed by atoms with Gasteiger partial charge in [0.2, 0.25) is 0 Å². The molecular weight excluding hydrogens is 334 g/mol. The molecule has 6 heteroatoms. The van der Waals surface area contributed by atoms with Crippen LogP contribution in [-0.4, -0.2) is 37.2 Å². The first kappa shape index (κ1) is 19.4. The van der Waals surface area contributed by atoms with Gasteiger partial charge < -0.3 is 14.2 Å². The van der Waals surface area contributed by atoms with E-state index in [2.05, 4.69) is 4.98 Å². The van der Waals surface area contributed by atoms with Crippen molar-refractivity contribution in [3.05, 3.63) is 46.6 Å². The minimum atomic E-state index is -0.520. The molecule has 1 aromatic heterocycles. The molecule has 0 radical (unpaired) electrons. The number of carbonyl (C=O) groups is 2. The molecule has 0 unspecified atom stereocenters. The molecule has 2 aromatic rings. The van der Waals surface area contributed by atoms with Crippen LogP contribution in [0.1, 0.15) is 45.8 Å². The van der Waals surface area contributed by atoms with E-state index in [4.69, 9.17) is 14.2 Å². The molecular formula is C20H23NO5. The van der Waals surface area contributed by atoms with Crippen molar-refractivity contribution in [2.75, 3.05) is 20.3 Å². The van der Waals surface area contributed by atoms with Crippen LogP contribution < -0.4 is 4.74 Å². The molecule has 0 atom stereocenters. The monoisotopic (exact) mass is 357 g/mol. The fourth-order valence-corrected chi connectivity index (χ4v) is 2.77. The molecule has 2 rings (SSSR count). The maximum absolute atomic E-state index is 12.6. The zero-order valence-corrected chi connectivity index (χ0v) is 15.7. The van der Waals surface area contributed by atoms with E-state index in [1.165, 1.54) is 0 Å². The Labute approximate surface area is 153 Å². The maximum atomic E-state index is 12.6. The van der Waals surface area contributed by atoms with Crippen molar-refractivity contribution < 1.29 is 23.8 Å². The second-order valence-electron chi connectivity index (χ2n) is 5.59. The van der Waals surface area contributed by atoms with E-state index in [0.717, 1.165) is 5.56 Å². The maximum Gasteiger partial charge on any atom is 0.340 e. The Bertz CT molecular complexity index is 812. The van der Waals surface area contributed by atoms with Crippen molar-refractivity contribution in [2.24, 2.45) is 0 Å². The average molecular weight is 357 g/mol. The van der Waals surface area contributed by atoms with Crippen LogP contribution in [0.3, 0.4) is 0 Å². The van der Waals surface area contributed by atoms with Crippen LogP contribution in [0.2, 0.25) is 0 Å². The zero-order chi connectivity index (χ0) is 19.3. The topological polar surface area (TPSA) is 74.7 Å². The summed E-state index contributed by atoms with van der Waals surface area (Å²) in [5.41, 5.74) is 2.77. The number of carbonyl (C=O) groups excluding carboxylic acids is 2. The van der Waals surface area contributed by atoms with Gasteiger partial charge in [0.25, 0.3) is 0 Å². The lowest BCUT2D eigenvalue weighted by Gasteiger charge is -2.16. The van der Waals surface area contributed by atoms with Gasteiger partial charge in [-0.2, -0.15) is 0 Å². The first-order valence-electron chi connectivity index (χ1n) is 8.44. The average Bonchev–Trinajstić information content (AvgIpc) is 2.61. The van der Waals surface area contributed by atoms with Gasteiger partial charge in [-0.1, -0.05) is 0 Å². The van der Waals surface area contributed by atoms with Crippen LogP contribution in [0, 0.1) is 13.8 Å². The summed E-state index contributed by atoms with van der Waals surface area (Å²) in [4.78, 5) is 29.4. The molecule has 0 fully saturated rings. The van der Waals surface area contributed by atoms with E-state index in [1.54, 1.807) is 46.9 Å². The molecule has 0 N–H and O–H groups in total. The molecule has 0 bridgehead atoms. The van der Waals surface area contributed by atoms with Crippen molar-refractivity contribution in [3.8, 4) is 17.0 Å². The van der Waals surface area contributed by atoms with Gasteiger partial charge in [-0.25, -0.2) is 9.59 Å². The smallest absolute Gasteiger partial charge is 0.340 e. The number of esters is 2. The van der Waals surface area contributed by atoms with Gasteiger partial charge in [-0.15, -0.1) is 0 Å². The second-order valence-corrected chi connectivity index (χ2v) is 5.59. The Morgan fingerprint density at radius 3 is 1.96 bits per heavy atom. The first-order chi connectivity index (χ1) is 12.4. The summed E-state index contributed by atoms with van der Waals surface area (Å²) in [6.45, 7) is 7.36. The Balaban J connectivity index is 2.70. The summed E-state index contributed by atoms with van der Waals surface area (Å²) in [5.74, 6) is -0.321. The Kier molecular flexibility index (Phi) is 6.33. The summed E-state index contributed by atoms with van der Waals surface area (Å²) in [7, 11) is 1.58. The Hall–Kier alpha value is -2.89. The number of aryl methyl sites for hydroxylation is 1. The molecule has 0 amide bonds. The molecule has 0 aliphatic rings. The highest BCUT2D eigenvalue weighted by atomic mass is 16.5. The molecule has 138 valence electrons. The Morgan fingerprint density at radius 2 is 1.46 bits per heavy atom. The third-order valence-corrected chi connectivity index (χ3v) is 3.95. The largest absolute Gasteiger partial charge is 0.497 e. The fourth-order valence-electron chi connectivity index (χ4n) is 2.77. The van der Waals surface area contributed by atoms with Crippen LogP contribution in [-0.2, 0) is 9.47 Å². The normalized spacial score (nSPS) is 10.3. The number of pyridine rings is 1. The molecule has 0 aliphatic carbocycles. The Morgan fingerprint density at radius 1 is 0.923 bits per heavy atom. The fraction of sp³-hybridized carbons (Fsp3) is 0.350. The summed E-state index contributed by atoms with van der Waals surface area (Å²) in [5, 5.41) is 0. The molecule has 1 heterocycles. The molecule has 26 heavy (non-hydrogen) atoms. The predicted molar refractivity (Wildman–Crippen MR) is 97.6 cm³/mol. The molecule has 0 spiro atoms. The van der Waals surface area contributed by atoms with Gasteiger partial charge in [-0.05, 0) is 57.5 Å². The third kappa shape index (κ3) is 3.85. The summed E-state index contributed by atoms with van der Waals surface area (Å²) < 4.78 is 15.5. The van der Waals surface area contributed by atoms with Gasteiger partial charge in [-0.3, -0.25) is 4.98 Å². The summed E-state index contributed by atoms with van der Waals surface area (Å²) in [6.07, 6.45) is 0.